The molecule has 1 aliphatic heterocycles. The van der Waals surface area contributed by atoms with Crippen molar-refractivity contribution in [1.82, 2.24) is 15.1 Å². The minimum atomic E-state index is -4.82. The van der Waals surface area contributed by atoms with E-state index in [9.17, 15) is 22.8 Å². The average molecular weight is 458 g/mol. The molecule has 0 aliphatic carbocycles. The Bertz CT molecular complexity index is 1190. The van der Waals surface area contributed by atoms with Crippen LogP contribution in [0.15, 0.2) is 54.6 Å². The Morgan fingerprint density at radius 2 is 1.91 bits per heavy atom. The van der Waals surface area contributed by atoms with Gasteiger partial charge in [0.25, 0.3) is 0 Å². The van der Waals surface area contributed by atoms with Crippen molar-refractivity contribution < 1.29 is 27.5 Å². The molecular weight excluding hydrogens is 437 g/mol. The number of hydrogen-bond donors (Lipinski definition) is 2. The Labute approximate surface area is 187 Å². The molecule has 0 spiro atoms. The third-order valence-electron chi connectivity index (χ3n) is 5.45. The number of hydrogen-bond acceptors (Lipinski definition) is 4. The number of halogens is 3. The van der Waals surface area contributed by atoms with Crippen molar-refractivity contribution in [2.24, 2.45) is 11.8 Å². The second-order valence-corrected chi connectivity index (χ2v) is 7.87. The highest BCUT2D eigenvalue weighted by molar-refractivity contribution is 5.98. The number of carbonyl (C=O) groups excluding carboxylic acids is 2. The van der Waals surface area contributed by atoms with E-state index in [1.807, 2.05) is 31.2 Å². The zero-order valence-electron chi connectivity index (χ0n) is 17.8. The highest BCUT2D eigenvalue weighted by atomic mass is 19.4. The number of benzene rings is 2. The van der Waals surface area contributed by atoms with Crippen LogP contribution < -0.4 is 15.4 Å². The molecule has 172 valence electrons. The van der Waals surface area contributed by atoms with Crippen molar-refractivity contribution in [2.75, 3.05) is 11.9 Å². The van der Waals surface area contributed by atoms with E-state index in [2.05, 4.69) is 20.5 Å². The van der Waals surface area contributed by atoms with Crippen LogP contribution in [0, 0.1) is 18.8 Å². The third-order valence-corrected chi connectivity index (χ3v) is 5.45. The predicted octanol–water partition coefficient (Wildman–Crippen LogP) is 4.07. The van der Waals surface area contributed by atoms with Crippen LogP contribution in [0.5, 0.6) is 5.75 Å². The minimum absolute atomic E-state index is 0.192. The number of nitrogens with one attached hydrogen (secondary N) is 2. The number of carbonyl (C=O) groups is 2. The molecule has 33 heavy (non-hydrogen) atoms. The smallest absolute Gasteiger partial charge is 0.406 e. The fourth-order valence-corrected chi connectivity index (χ4v) is 3.65. The SMILES string of the molecule is Cc1ccc(-n2nc(NC(=O)[C@H]3CNC(=O)[C@@H]3C)cc2-c2cccc(OC(F)(F)F)c2)cc1. The molecule has 3 aromatic rings. The molecule has 2 atom stereocenters. The summed E-state index contributed by atoms with van der Waals surface area (Å²) < 4.78 is 43.7. The quantitative estimate of drug-likeness (QED) is 0.604. The maximum absolute atomic E-state index is 12.7. The first kappa shape index (κ1) is 22.4. The second kappa shape index (κ2) is 8.61. The predicted molar refractivity (Wildman–Crippen MR) is 115 cm³/mol. The van der Waals surface area contributed by atoms with Crippen molar-refractivity contribution in [3.63, 3.8) is 0 Å². The summed E-state index contributed by atoms with van der Waals surface area (Å²) in [5.41, 5.74) is 2.55. The molecule has 2 amide bonds. The minimum Gasteiger partial charge on any atom is -0.406 e. The molecule has 2 N–H and O–H groups in total. The summed E-state index contributed by atoms with van der Waals surface area (Å²) in [4.78, 5) is 24.4. The summed E-state index contributed by atoms with van der Waals surface area (Å²) in [6, 6.07) is 14.5. The number of aromatic nitrogens is 2. The van der Waals surface area contributed by atoms with Crippen LogP contribution in [0.3, 0.4) is 0 Å². The highest BCUT2D eigenvalue weighted by Gasteiger charge is 2.36. The van der Waals surface area contributed by atoms with Gasteiger partial charge in [-0.3, -0.25) is 9.59 Å². The number of rotatable bonds is 5. The lowest BCUT2D eigenvalue weighted by Gasteiger charge is -2.11. The molecule has 1 aliphatic rings. The lowest BCUT2D eigenvalue weighted by Crippen LogP contribution is -2.28. The van der Waals surface area contributed by atoms with Crippen LogP contribution in [-0.4, -0.2) is 34.5 Å². The standard InChI is InChI=1S/C23H21F3N4O3/c1-13-6-8-16(9-7-13)30-19(15-4-3-5-17(10-15)33-23(24,25)26)11-20(29-30)28-22(32)18-12-27-21(31)14(18)2/h3-11,14,18H,12H2,1-2H3,(H,27,31)(H,28,29,32)/t14-,18+/m1/s1. The fraction of sp³-hybridized carbons (Fsp3) is 0.261. The van der Waals surface area contributed by atoms with Gasteiger partial charge in [0.05, 0.1) is 17.3 Å². The maximum Gasteiger partial charge on any atom is 0.573 e. The number of nitrogens with zero attached hydrogens (tertiary/aromatic N) is 2. The van der Waals surface area contributed by atoms with Crippen LogP contribution >= 0.6 is 0 Å². The largest absolute Gasteiger partial charge is 0.573 e. The summed E-state index contributed by atoms with van der Waals surface area (Å²) in [6.45, 7) is 3.83. The molecule has 1 fully saturated rings. The molecule has 7 nitrogen and oxygen atoms in total. The van der Waals surface area contributed by atoms with E-state index >= 15 is 0 Å². The first-order valence-electron chi connectivity index (χ1n) is 10.2. The van der Waals surface area contributed by atoms with E-state index in [0.717, 1.165) is 5.56 Å². The van der Waals surface area contributed by atoms with Gasteiger partial charge in [0.1, 0.15) is 5.75 Å². The molecule has 0 saturated carbocycles. The summed E-state index contributed by atoms with van der Waals surface area (Å²) in [5.74, 6) is -1.73. The summed E-state index contributed by atoms with van der Waals surface area (Å²) >= 11 is 0. The summed E-state index contributed by atoms with van der Waals surface area (Å²) in [5, 5.41) is 9.84. The lowest BCUT2D eigenvalue weighted by atomic mass is 9.97. The van der Waals surface area contributed by atoms with Crippen LogP contribution in [-0.2, 0) is 9.59 Å². The van der Waals surface area contributed by atoms with Crippen molar-refractivity contribution in [3.05, 3.63) is 60.2 Å². The summed E-state index contributed by atoms with van der Waals surface area (Å²) in [6.07, 6.45) is -4.82. The van der Waals surface area contributed by atoms with Crippen LogP contribution in [0.4, 0.5) is 19.0 Å². The van der Waals surface area contributed by atoms with Gasteiger partial charge in [-0.2, -0.15) is 0 Å². The van der Waals surface area contributed by atoms with Gasteiger partial charge in [0.15, 0.2) is 5.82 Å². The van der Waals surface area contributed by atoms with Gasteiger partial charge < -0.3 is 15.4 Å². The molecule has 0 radical (unpaired) electrons. The van der Waals surface area contributed by atoms with E-state index < -0.39 is 18.2 Å². The Morgan fingerprint density at radius 1 is 1.18 bits per heavy atom. The van der Waals surface area contributed by atoms with Crippen LogP contribution in [0.2, 0.25) is 0 Å². The Kier molecular flexibility index (Phi) is 5.84. The van der Waals surface area contributed by atoms with Gasteiger partial charge in [0, 0.05) is 24.1 Å². The zero-order valence-corrected chi connectivity index (χ0v) is 17.8. The highest BCUT2D eigenvalue weighted by Crippen LogP contribution is 2.31. The van der Waals surface area contributed by atoms with Gasteiger partial charge in [-0.25, -0.2) is 4.68 Å². The number of aryl methyl sites for hydroxylation is 1. The Morgan fingerprint density at radius 3 is 2.55 bits per heavy atom. The van der Waals surface area contributed by atoms with Crippen molar-refractivity contribution in [1.29, 1.82) is 0 Å². The molecule has 2 aromatic carbocycles. The number of amides is 2. The number of alkyl halides is 3. The molecule has 0 bridgehead atoms. The Balaban J connectivity index is 1.70. The van der Waals surface area contributed by atoms with Crippen LogP contribution in [0.1, 0.15) is 12.5 Å². The molecule has 4 rings (SSSR count). The average Bonchev–Trinajstić information content (AvgIpc) is 3.31. The van der Waals surface area contributed by atoms with Gasteiger partial charge in [0.2, 0.25) is 11.8 Å². The van der Waals surface area contributed by atoms with Gasteiger partial charge in [-0.15, -0.1) is 18.3 Å². The third kappa shape index (κ3) is 5.00. The Hall–Kier alpha value is -3.82. The van der Waals surface area contributed by atoms with Gasteiger partial charge in [-0.05, 0) is 31.2 Å². The summed E-state index contributed by atoms with van der Waals surface area (Å²) in [7, 11) is 0. The number of anilines is 1. The molecule has 10 heteroatoms. The van der Waals surface area contributed by atoms with Crippen LogP contribution in [0.25, 0.3) is 16.9 Å². The molecule has 2 heterocycles. The van der Waals surface area contributed by atoms with E-state index in [-0.39, 0.29) is 29.9 Å². The lowest BCUT2D eigenvalue weighted by molar-refractivity contribution is -0.274. The van der Waals surface area contributed by atoms with Crippen molar-refractivity contribution in [2.45, 2.75) is 20.2 Å². The van der Waals surface area contributed by atoms with Gasteiger partial charge >= 0.3 is 6.36 Å². The van der Waals surface area contributed by atoms with E-state index in [4.69, 9.17) is 0 Å². The molecule has 1 aromatic heterocycles. The van der Waals surface area contributed by atoms with Crippen molar-refractivity contribution in [3.8, 4) is 22.7 Å². The number of ether oxygens (including phenoxy) is 1. The van der Waals surface area contributed by atoms with Crippen molar-refractivity contribution >= 4 is 17.6 Å². The molecule has 0 unspecified atom stereocenters. The zero-order chi connectivity index (χ0) is 23.8. The first-order valence-corrected chi connectivity index (χ1v) is 10.2. The monoisotopic (exact) mass is 458 g/mol. The topological polar surface area (TPSA) is 85.3 Å². The molecular formula is C23H21F3N4O3. The normalized spacial score (nSPS) is 18.2. The van der Waals surface area contributed by atoms with E-state index in [0.29, 0.717) is 16.9 Å². The second-order valence-electron chi connectivity index (χ2n) is 7.87. The van der Waals surface area contributed by atoms with E-state index in [1.165, 1.54) is 22.9 Å². The maximum atomic E-state index is 12.7. The molecule has 1 saturated heterocycles. The fourth-order valence-electron chi connectivity index (χ4n) is 3.65. The van der Waals surface area contributed by atoms with Gasteiger partial charge in [-0.1, -0.05) is 36.8 Å². The first-order chi connectivity index (χ1) is 15.6. The van der Waals surface area contributed by atoms with E-state index in [1.54, 1.807) is 19.1 Å².